The van der Waals surface area contributed by atoms with Crippen molar-refractivity contribution in [1.29, 1.82) is 0 Å². The van der Waals surface area contributed by atoms with Gasteiger partial charge >= 0.3 is 0 Å². The molecule has 0 bridgehead atoms. The van der Waals surface area contributed by atoms with Gasteiger partial charge in [0, 0.05) is 12.6 Å². The van der Waals surface area contributed by atoms with Gasteiger partial charge in [-0.3, -0.25) is 4.79 Å². The Morgan fingerprint density at radius 1 is 1.32 bits per heavy atom. The number of hydrogen-bond acceptors (Lipinski definition) is 2. The van der Waals surface area contributed by atoms with Gasteiger partial charge in [0.25, 0.3) is 0 Å². The lowest BCUT2D eigenvalue weighted by molar-refractivity contribution is -0.133. The monoisotopic (exact) mass is 260 g/mol. The molecule has 1 fully saturated rings. The molecule has 0 heterocycles. The van der Waals surface area contributed by atoms with Crippen molar-refractivity contribution < 1.29 is 4.79 Å². The summed E-state index contributed by atoms with van der Waals surface area (Å²) in [6.45, 7) is 5.11. The van der Waals surface area contributed by atoms with Crippen LogP contribution in [0.4, 0.5) is 0 Å². The Morgan fingerprint density at radius 3 is 2.47 bits per heavy atom. The molecule has 0 aromatic heterocycles. The van der Waals surface area contributed by atoms with Gasteiger partial charge in [-0.05, 0) is 30.7 Å². The third-order valence-electron chi connectivity index (χ3n) is 3.45. The summed E-state index contributed by atoms with van der Waals surface area (Å²) in [6.07, 6.45) is 2.90. The van der Waals surface area contributed by atoms with Gasteiger partial charge in [-0.25, -0.2) is 0 Å². The van der Waals surface area contributed by atoms with Crippen molar-refractivity contribution in [3.63, 3.8) is 0 Å². The molecule has 0 aliphatic heterocycles. The highest BCUT2D eigenvalue weighted by molar-refractivity contribution is 5.82. The zero-order chi connectivity index (χ0) is 13.8. The summed E-state index contributed by atoms with van der Waals surface area (Å²) in [4.78, 5) is 14.5. The second-order valence-electron chi connectivity index (χ2n) is 5.91. The summed E-state index contributed by atoms with van der Waals surface area (Å²) in [5, 5.41) is 0. The van der Waals surface area contributed by atoms with Crippen LogP contribution >= 0.6 is 0 Å². The number of hydrogen-bond donors (Lipinski definition) is 1. The molecule has 1 atom stereocenters. The van der Waals surface area contributed by atoms with Crippen LogP contribution in [0, 0.1) is 5.92 Å². The smallest absolute Gasteiger partial charge is 0.240 e. The van der Waals surface area contributed by atoms with E-state index in [0.29, 0.717) is 18.4 Å². The highest BCUT2D eigenvalue weighted by Gasteiger charge is 2.34. The second kappa shape index (κ2) is 6.20. The molecule has 0 radical (unpaired) electrons. The fourth-order valence-corrected chi connectivity index (χ4v) is 2.37. The summed E-state index contributed by atoms with van der Waals surface area (Å²) in [6, 6.07) is 10.0. The standard InChI is InChI=1S/C16H24N2O/c1-12(2)11-18(14-8-9-14)16(19)15(17)10-13-6-4-3-5-7-13/h3-7,12,14-15H,8-11,17H2,1-2H3/t15-/m0/s1. The van der Waals surface area contributed by atoms with Gasteiger partial charge in [-0.15, -0.1) is 0 Å². The number of carbonyl (C=O) groups is 1. The van der Waals surface area contributed by atoms with E-state index < -0.39 is 6.04 Å². The number of amides is 1. The molecular weight excluding hydrogens is 236 g/mol. The fourth-order valence-electron chi connectivity index (χ4n) is 2.37. The van der Waals surface area contributed by atoms with Crippen molar-refractivity contribution >= 4 is 5.91 Å². The average molecular weight is 260 g/mol. The third-order valence-corrected chi connectivity index (χ3v) is 3.45. The first-order valence-corrected chi connectivity index (χ1v) is 7.18. The molecular formula is C16H24N2O. The molecule has 104 valence electrons. The zero-order valence-electron chi connectivity index (χ0n) is 11.9. The summed E-state index contributed by atoms with van der Waals surface area (Å²) in [5.74, 6) is 0.605. The van der Waals surface area contributed by atoms with E-state index in [-0.39, 0.29) is 5.91 Å². The van der Waals surface area contributed by atoms with E-state index in [9.17, 15) is 4.79 Å². The normalized spacial score (nSPS) is 16.4. The summed E-state index contributed by atoms with van der Waals surface area (Å²) in [7, 11) is 0. The van der Waals surface area contributed by atoms with E-state index in [4.69, 9.17) is 5.73 Å². The largest absolute Gasteiger partial charge is 0.338 e. The van der Waals surface area contributed by atoms with Crippen LogP contribution in [-0.4, -0.2) is 29.4 Å². The molecule has 1 aliphatic rings. The van der Waals surface area contributed by atoms with Gasteiger partial charge in [0.1, 0.15) is 0 Å². The molecule has 0 unspecified atom stereocenters. The number of rotatable bonds is 6. The predicted octanol–water partition coefficient (Wildman–Crippen LogP) is 2.20. The Hall–Kier alpha value is -1.35. The van der Waals surface area contributed by atoms with Crippen LogP contribution < -0.4 is 5.73 Å². The maximum Gasteiger partial charge on any atom is 0.240 e. The number of carbonyl (C=O) groups excluding carboxylic acids is 1. The quantitative estimate of drug-likeness (QED) is 0.852. The minimum atomic E-state index is -0.415. The summed E-state index contributed by atoms with van der Waals surface area (Å²) in [5.41, 5.74) is 7.23. The molecule has 1 aromatic carbocycles. The van der Waals surface area contributed by atoms with E-state index in [1.807, 2.05) is 35.2 Å². The van der Waals surface area contributed by atoms with E-state index in [1.165, 1.54) is 0 Å². The van der Waals surface area contributed by atoms with Crippen molar-refractivity contribution in [2.75, 3.05) is 6.54 Å². The van der Waals surface area contributed by atoms with Crippen molar-refractivity contribution in [3.05, 3.63) is 35.9 Å². The summed E-state index contributed by atoms with van der Waals surface area (Å²) >= 11 is 0. The first-order valence-electron chi connectivity index (χ1n) is 7.18. The Labute approximate surface area is 115 Å². The molecule has 19 heavy (non-hydrogen) atoms. The lowest BCUT2D eigenvalue weighted by atomic mass is 10.0. The van der Waals surface area contributed by atoms with E-state index in [1.54, 1.807) is 0 Å². The Balaban J connectivity index is 1.96. The fraction of sp³-hybridized carbons (Fsp3) is 0.562. The Morgan fingerprint density at radius 2 is 1.95 bits per heavy atom. The third kappa shape index (κ3) is 4.06. The highest BCUT2D eigenvalue weighted by Crippen LogP contribution is 2.28. The van der Waals surface area contributed by atoms with Crippen molar-refractivity contribution in [3.8, 4) is 0 Å². The number of nitrogens with zero attached hydrogens (tertiary/aromatic N) is 1. The average Bonchev–Trinajstić information content (AvgIpc) is 3.20. The Bertz CT molecular complexity index is 412. The molecule has 2 rings (SSSR count). The lowest BCUT2D eigenvalue weighted by Gasteiger charge is -2.27. The molecule has 0 spiro atoms. The lowest BCUT2D eigenvalue weighted by Crippen LogP contribution is -2.47. The van der Waals surface area contributed by atoms with Crippen LogP contribution in [0.2, 0.25) is 0 Å². The Kier molecular flexibility index (Phi) is 4.59. The van der Waals surface area contributed by atoms with E-state index >= 15 is 0 Å². The van der Waals surface area contributed by atoms with E-state index in [2.05, 4.69) is 13.8 Å². The molecule has 1 saturated carbocycles. The van der Waals surface area contributed by atoms with Gasteiger partial charge in [-0.1, -0.05) is 44.2 Å². The van der Waals surface area contributed by atoms with Crippen LogP contribution in [0.15, 0.2) is 30.3 Å². The van der Waals surface area contributed by atoms with Crippen molar-refractivity contribution in [1.82, 2.24) is 4.90 Å². The first-order chi connectivity index (χ1) is 9.08. The maximum absolute atomic E-state index is 12.5. The van der Waals surface area contributed by atoms with Gasteiger partial charge in [0.05, 0.1) is 6.04 Å². The van der Waals surface area contributed by atoms with Gasteiger partial charge in [-0.2, -0.15) is 0 Å². The van der Waals surface area contributed by atoms with Gasteiger partial charge in [0.15, 0.2) is 0 Å². The van der Waals surface area contributed by atoms with Crippen LogP contribution in [-0.2, 0) is 11.2 Å². The van der Waals surface area contributed by atoms with Crippen molar-refractivity contribution in [2.45, 2.75) is 45.2 Å². The molecule has 1 aliphatic carbocycles. The van der Waals surface area contributed by atoms with E-state index in [0.717, 1.165) is 24.9 Å². The van der Waals surface area contributed by atoms with Gasteiger partial charge < -0.3 is 10.6 Å². The highest BCUT2D eigenvalue weighted by atomic mass is 16.2. The van der Waals surface area contributed by atoms with Crippen LogP contribution in [0.1, 0.15) is 32.3 Å². The number of benzene rings is 1. The SMILES string of the molecule is CC(C)CN(C(=O)[C@@H](N)Cc1ccccc1)C1CC1. The van der Waals surface area contributed by atoms with Crippen LogP contribution in [0.3, 0.4) is 0 Å². The summed E-state index contributed by atoms with van der Waals surface area (Å²) < 4.78 is 0. The van der Waals surface area contributed by atoms with Crippen LogP contribution in [0.25, 0.3) is 0 Å². The molecule has 3 nitrogen and oxygen atoms in total. The predicted molar refractivity (Wildman–Crippen MR) is 77.7 cm³/mol. The minimum Gasteiger partial charge on any atom is -0.338 e. The molecule has 2 N–H and O–H groups in total. The minimum absolute atomic E-state index is 0.111. The molecule has 1 amide bonds. The van der Waals surface area contributed by atoms with Crippen LogP contribution in [0.5, 0.6) is 0 Å². The van der Waals surface area contributed by atoms with Gasteiger partial charge in [0.2, 0.25) is 5.91 Å². The molecule has 3 heteroatoms. The molecule has 1 aromatic rings. The first kappa shape index (κ1) is 14.1. The second-order valence-corrected chi connectivity index (χ2v) is 5.91. The van der Waals surface area contributed by atoms with Crippen molar-refractivity contribution in [2.24, 2.45) is 11.7 Å². The molecule has 0 saturated heterocycles. The topological polar surface area (TPSA) is 46.3 Å². The number of nitrogens with two attached hydrogens (primary N) is 1. The maximum atomic E-state index is 12.5. The zero-order valence-corrected chi connectivity index (χ0v) is 11.9.